The molecule has 2 aromatic rings. The summed E-state index contributed by atoms with van der Waals surface area (Å²) < 4.78 is 5.28. The van der Waals surface area contributed by atoms with Crippen molar-refractivity contribution in [2.45, 2.75) is 32.9 Å². The predicted octanol–water partition coefficient (Wildman–Crippen LogP) is 1.63. The minimum absolute atomic E-state index is 0.250. The predicted molar refractivity (Wildman–Crippen MR) is 85.3 cm³/mol. The number of methoxy groups -OCH3 is 1. The van der Waals surface area contributed by atoms with Crippen LogP contribution in [0.15, 0.2) is 18.2 Å². The topological polar surface area (TPSA) is 91.3 Å². The lowest BCUT2D eigenvalue weighted by atomic mass is 9.99. The Morgan fingerprint density at radius 1 is 1.43 bits per heavy atom. The zero-order valence-electron chi connectivity index (χ0n) is 13.5. The Labute approximate surface area is 135 Å². The van der Waals surface area contributed by atoms with Gasteiger partial charge in [0.2, 0.25) is 0 Å². The van der Waals surface area contributed by atoms with E-state index < -0.39 is 0 Å². The Hall–Kier alpha value is -2.41. The molecule has 0 saturated heterocycles. The number of H-pyrrole nitrogens is 1. The van der Waals surface area contributed by atoms with E-state index in [0.29, 0.717) is 0 Å². The highest BCUT2D eigenvalue weighted by Gasteiger charge is 2.18. The number of aryl methyl sites for hydroxylation is 1. The number of hydrogen-bond donors (Lipinski definition) is 2. The van der Waals surface area contributed by atoms with Crippen molar-refractivity contribution in [3.63, 3.8) is 0 Å². The van der Waals surface area contributed by atoms with E-state index in [1.165, 1.54) is 11.1 Å². The van der Waals surface area contributed by atoms with Gasteiger partial charge in [-0.25, -0.2) is 4.98 Å². The maximum absolute atomic E-state index is 8.36. The van der Waals surface area contributed by atoms with Gasteiger partial charge in [-0.15, -0.1) is 0 Å². The number of carbonyl (C=O) groups is 1. The van der Waals surface area contributed by atoms with Crippen LogP contribution in [-0.4, -0.2) is 45.3 Å². The number of nitrogens with one attached hydrogen (secondary N) is 1. The molecule has 0 spiro atoms. The molecule has 0 aliphatic carbocycles. The molecule has 1 aromatic carbocycles. The second kappa shape index (κ2) is 8.28. The van der Waals surface area contributed by atoms with Crippen molar-refractivity contribution in [3.8, 4) is 5.75 Å². The van der Waals surface area contributed by atoms with Crippen LogP contribution in [0.3, 0.4) is 0 Å². The number of benzene rings is 1. The van der Waals surface area contributed by atoms with E-state index >= 15 is 0 Å². The normalized spacial score (nSPS) is 13.7. The molecule has 0 bridgehead atoms. The van der Waals surface area contributed by atoms with E-state index in [-0.39, 0.29) is 6.47 Å². The number of fused-ring (bicyclic) bond motifs is 1. The van der Waals surface area contributed by atoms with Crippen LogP contribution in [0.5, 0.6) is 5.75 Å². The second-order valence-corrected chi connectivity index (χ2v) is 5.25. The number of rotatable bonds is 4. The number of nitrogens with zero attached hydrogens (tertiary/aromatic N) is 3. The molecule has 2 heterocycles. The van der Waals surface area contributed by atoms with Crippen LogP contribution in [0.2, 0.25) is 0 Å². The molecular formula is C16H22N4O3. The maximum atomic E-state index is 8.36. The van der Waals surface area contributed by atoms with E-state index in [0.717, 1.165) is 49.9 Å². The highest BCUT2D eigenvalue weighted by Crippen LogP contribution is 2.24. The molecule has 1 aliphatic rings. The summed E-state index contributed by atoms with van der Waals surface area (Å²) in [5, 5.41) is 14.1. The summed E-state index contributed by atoms with van der Waals surface area (Å²) in [6.07, 6.45) is 1.93. The van der Waals surface area contributed by atoms with Gasteiger partial charge in [0, 0.05) is 19.5 Å². The van der Waals surface area contributed by atoms with Crippen LogP contribution in [0.1, 0.15) is 29.7 Å². The molecule has 3 rings (SSSR count). The largest absolute Gasteiger partial charge is 0.497 e. The Morgan fingerprint density at radius 2 is 2.22 bits per heavy atom. The Bertz CT molecular complexity index is 642. The van der Waals surface area contributed by atoms with Gasteiger partial charge in [-0.2, -0.15) is 5.10 Å². The van der Waals surface area contributed by atoms with Crippen LogP contribution in [0, 0.1) is 0 Å². The van der Waals surface area contributed by atoms with Gasteiger partial charge in [-0.05, 0) is 29.7 Å². The summed E-state index contributed by atoms with van der Waals surface area (Å²) in [5.74, 6) is 2.79. The Balaban J connectivity index is 0.000000595. The van der Waals surface area contributed by atoms with Crippen LogP contribution >= 0.6 is 0 Å². The second-order valence-electron chi connectivity index (χ2n) is 5.25. The zero-order valence-corrected chi connectivity index (χ0v) is 13.5. The zero-order chi connectivity index (χ0) is 16.7. The van der Waals surface area contributed by atoms with Gasteiger partial charge in [0.15, 0.2) is 0 Å². The molecule has 0 atom stereocenters. The van der Waals surface area contributed by atoms with Gasteiger partial charge in [-0.1, -0.05) is 13.0 Å². The molecule has 124 valence electrons. The van der Waals surface area contributed by atoms with Crippen molar-refractivity contribution in [3.05, 3.63) is 41.0 Å². The van der Waals surface area contributed by atoms with E-state index in [9.17, 15) is 0 Å². The molecule has 7 heteroatoms. The third-order valence-electron chi connectivity index (χ3n) is 3.77. The maximum Gasteiger partial charge on any atom is 0.290 e. The third kappa shape index (κ3) is 4.53. The molecule has 7 nitrogen and oxygen atoms in total. The first-order valence-electron chi connectivity index (χ1n) is 7.56. The Kier molecular flexibility index (Phi) is 6.10. The monoisotopic (exact) mass is 318 g/mol. The first-order valence-corrected chi connectivity index (χ1v) is 7.56. The molecule has 0 saturated carbocycles. The van der Waals surface area contributed by atoms with Gasteiger partial charge in [0.1, 0.15) is 17.4 Å². The number of carboxylic acid groups (broad SMARTS) is 1. The van der Waals surface area contributed by atoms with E-state index in [1.54, 1.807) is 7.11 Å². The smallest absolute Gasteiger partial charge is 0.290 e. The van der Waals surface area contributed by atoms with Crippen molar-refractivity contribution in [2.24, 2.45) is 0 Å². The molecule has 2 N–H and O–H groups in total. The quantitative estimate of drug-likeness (QED) is 0.833. The van der Waals surface area contributed by atoms with Crippen LogP contribution in [-0.2, 0) is 30.7 Å². The number of hydrogen-bond acceptors (Lipinski definition) is 5. The fourth-order valence-electron chi connectivity index (χ4n) is 2.63. The molecule has 0 unspecified atom stereocenters. The van der Waals surface area contributed by atoms with Crippen molar-refractivity contribution >= 4 is 6.47 Å². The van der Waals surface area contributed by atoms with E-state index in [2.05, 4.69) is 39.1 Å². The first-order chi connectivity index (χ1) is 11.2. The Morgan fingerprint density at radius 3 is 2.87 bits per heavy atom. The van der Waals surface area contributed by atoms with Gasteiger partial charge >= 0.3 is 0 Å². The summed E-state index contributed by atoms with van der Waals surface area (Å²) in [4.78, 5) is 15.2. The van der Waals surface area contributed by atoms with Crippen molar-refractivity contribution in [2.75, 3.05) is 13.7 Å². The number of aromatic amines is 1. The summed E-state index contributed by atoms with van der Waals surface area (Å²) in [5.41, 5.74) is 2.78. The van der Waals surface area contributed by atoms with Crippen LogP contribution in [0.25, 0.3) is 0 Å². The fourth-order valence-corrected chi connectivity index (χ4v) is 2.63. The average molecular weight is 318 g/mol. The highest BCUT2D eigenvalue weighted by molar-refractivity contribution is 5.37. The molecule has 23 heavy (non-hydrogen) atoms. The van der Waals surface area contributed by atoms with E-state index in [1.807, 2.05) is 6.07 Å². The lowest BCUT2D eigenvalue weighted by Gasteiger charge is -2.28. The minimum Gasteiger partial charge on any atom is -0.497 e. The lowest BCUT2D eigenvalue weighted by Crippen LogP contribution is -2.30. The SMILES string of the molecule is CCc1n[nH]c(CN2CCc3cc(OC)ccc3C2)n1.O=CO. The fraction of sp³-hybridized carbons (Fsp3) is 0.438. The number of aromatic nitrogens is 3. The molecule has 0 fully saturated rings. The summed E-state index contributed by atoms with van der Waals surface area (Å²) in [7, 11) is 1.71. The number of ether oxygens (including phenoxy) is 1. The van der Waals surface area contributed by atoms with Crippen molar-refractivity contribution in [1.29, 1.82) is 0 Å². The lowest BCUT2D eigenvalue weighted by molar-refractivity contribution is -0.122. The van der Waals surface area contributed by atoms with Gasteiger partial charge in [0.05, 0.1) is 13.7 Å². The highest BCUT2D eigenvalue weighted by atomic mass is 16.5. The molecular weight excluding hydrogens is 296 g/mol. The summed E-state index contributed by atoms with van der Waals surface area (Å²) in [6.45, 7) is 4.65. The summed E-state index contributed by atoms with van der Waals surface area (Å²) in [6, 6.07) is 6.35. The van der Waals surface area contributed by atoms with Crippen molar-refractivity contribution in [1.82, 2.24) is 20.1 Å². The minimum atomic E-state index is -0.250. The summed E-state index contributed by atoms with van der Waals surface area (Å²) >= 11 is 0. The van der Waals surface area contributed by atoms with E-state index in [4.69, 9.17) is 14.6 Å². The van der Waals surface area contributed by atoms with Crippen LogP contribution in [0.4, 0.5) is 0 Å². The van der Waals surface area contributed by atoms with Crippen LogP contribution < -0.4 is 4.74 Å². The molecule has 0 amide bonds. The third-order valence-corrected chi connectivity index (χ3v) is 3.77. The van der Waals surface area contributed by atoms with Gasteiger partial charge in [0.25, 0.3) is 6.47 Å². The van der Waals surface area contributed by atoms with Crippen molar-refractivity contribution < 1.29 is 14.6 Å². The first kappa shape index (κ1) is 17.0. The molecule has 1 aliphatic heterocycles. The average Bonchev–Trinajstić information content (AvgIpc) is 3.02. The molecule has 1 aromatic heterocycles. The van der Waals surface area contributed by atoms with Gasteiger partial charge in [-0.3, -0.25) is 14.8 Å². The standard InChI is InChI=1S/C15H20N4O.CH2O2/c1-3-14-16-15(18-17-14)10-19-7-6-11-8-13(20-2)5-4-12(11)9-19;2-1-3/h4-5,8H,3,6-7,9-10H2,1-2H3,(H,16,17,18);1H,(H,2,3). The van der Waals surface area contributed by atoms with Gasteiger partial charge < -0.3 is 9.84 Å². The molecule has 0 radical (unpaired) electrons.